The Morgan fingerprint density at radius 1 is 0.349 bits per heavy atom. The number of para-hydroxylation sites is 1. The molecule has 0 bridgehead atoms. The largest absolute Gasteiger partial charge is 0.456 e. The Hall–Kier alpha value is -5.66. The van der Waals surface area contributed by atoms with Crippen molar-refractivity contribution in [3.05, 3.63) is 157 Å². The van der Waals surface area contributed by atoms with Gasteiger partial charge in [-0.25, -0.2) is 0 Å². The van der Waals surface area contributed by atoms with Crippen molar-refractivity contribution in [3.8, 4) is 56.0 Å². The molecule has 9 rings (SSSR count). The molecule has 8 aromatic carbocycles. The van der Waals surface area contributed by atoms with E-state index in [0.717, 1.165) is 6.07 Å². The first kappa shape index (κ1) is 9.97. The Bertz CT molecular complexity index is 3630. The van der Waals surface area contributed by atoms with Gasteiger partial charge in [0.05, 0.1) is 34.3 Å². The molecule has 0 saturated heterocycles. The van der Waals surface area contributed by atoms with E-state index in [4.69, 9.17) is 26.7 Å². The van der Waals surface area contributed by atoms with E-state index in [2.05, 4.69) is 0 Å². The molecular formula is C42H26O. The molecule has 0 unspecified atom stereocenters. The second-order valence-electron chi connectivity index (χ2n) is 9.33. The first-order valence-electron chi connectivity index (χ1n) is 25.2. The number of hydrogen-bond donors (Lipinski definition) is 0. The minimum absolute atomic E-state index is 0.294. The molecule has 43 heavy (non-hydrogen) atoms. The molecular weight excluding hydrogens is 520 g/mol. The van der Waals surface area contributed by atoms with Crippen molar-refractivity contribution in [2.24, 2.45) is 0 Å². The lowest BCUT2D eigenvalue weighted by Gasteiger charge is -2.24. The van der Waals surface area contributed by atoms with Crippen molar-refractivity contribution < 1.29 is 39.0 Å². The summed E-state index contributed by atoms with van der Waals surface area (Å²) in [7, 11) is 0. The normalized spacial score (nSPS) is 20.0. The summed E-state index contributed by atoms with van der Waals surface area (Å²) in [4.78, 5) is 0. The zero-order chi connectivity index (χ0) is 50.1. The van der Waals surface area contributed by atoms with Crippen molar-refractivity contribution in [1.29, 1.82) is 0 Å². The molecule has 0 aliphatic carbocycles. The van der Waals surface area contributed by atoms with Crippen LogP contribution in [-0.2, 0) is 0 Å². The highest BCUT2D eigenvalue weighted by molar-refractivity contribution is 6.24. The third-order valence-corrected chi connectivity index (χ3v) is 7.07. The van der Waals surface area contributed by atoms with Crippen LogP contribution in [0.2, 0.25) is 0 Å². The van der Waals surface area contributed by atoms with Crippen LogP contribution in [0.3, 0.4) is 0 Å². The predicted octanol–water partition coefficient (Wildman–Crippen LogP) is 11.9. The maximum atomic E-state index is 9.57. The molecule has 0 aromatic heterocycles. The first-order valence-corrected chi connectivity index (χ1v) is 12.7. The van der Waals surface area contributed by atoms with Crippen molar-refractivity contribution in [2.45, 2.75) is 0 Å². The van der Waals surface area contributed by atoms with Crippen molar-refractivity contribution in [2.75, 3.05) is 0 Å². The van der Waals surface area contributed by atoms with E-state index in [1.54, 1.807) is 0 Å². The summed E-state index contributed by atoms with van der Waals surface area (Å²) >= 11 is 0. The van der Waals surface area contributed by atoms with Gasteiger partial charge < -0.3 is 4.74 Å². The van der Waals surface area contributed by atoms with Gasteiger partial charge in [0, 0.05) is 10.9 Å². The van der Waals surface area contributed by atoms with E-state index in [9.17, 15) is 12.3 Å². The lowest BCUT2D eigenvalue weighted by atomic mass is 9.83. The fourth-order valence-corrected chi connectivity index (χ4v) is 5.29. The lowest BCUT2D eigenvalue weighted by Crippen LogP contribution is -1.98. The molecule has 0 radical (unpaired) electrons. The quantitative estimate of drug-likeness (QED) is 0.192. The highest BCUT2D eigenvalue weighted by Gasteiger charge is 2.23. The van der Waals surface area contributed by atoms with Crippen LogP contribution in [0.15, 0.2) is 157 Å². The predicted molar refractivity (Wildman–Crippen MR) is 181 cm³/mol. The fraction of sp³-hybridized carbons (Fsp3) is 0. The van der Waals surface area contributed by atoms with E-state index in [1.165, 1.54) is 0 Å². The summed E-state index contributed by atoms with van der Waals surface area (Å²) in [5, 5.41) is -3.67. The zero-order valence-electron chi connectivity index (χ0n) is 46.5. The zero-order valence-corrected chi connectivity index (χ0v) is 21.5. The first-order chi connectivity index (χ1) is 31.7. The van der Waals surface area contributed by atoms with Gasteiger partial charge in [0.15, 0.2) is 0 Å². The van der Waals surface area contributed by atoms with E-state index >= 15 is 0 Å². The number of hydrogen-bond acceptors (Lipinski definition) is 1. The standard InChI is InChI=1S/C42H26O/c1-2-11-27(12-3-1)28-21-23-29(24-22-28)40-32-14-4-6-16-34(32)41(35-17-7-5-15-33(35)40)37-25-26-39-42-31(18-10-19-36(37)42)30-13-8-9-20-38(30)43-39/h1-26H/i1D,2D,3D,4D,5D,6D,7D,8D,9D,10D,11D,12D,13D,14D,15D,16D,17D,18D,19D,21D,22D,23D,24D,25D,26D. The molecule has 1 aliphatic heterocycles. The van der Waals surface area contributed by atoms with Crippen LogP contribution in [0.4, 0.5) is 0 Å². The van der Waals surface area contributed by atoms with Crippen molar-refractivity contribution in [1.82, 2.24) is 0 Å². The molecule has 8 aromatic rings. The Morgan fingerprint density at radius 3 is 1.63 bits per heavy atom. The summed E-state index contributed by atoms with van der Waals surface area (Å²) in [6.45, 7) is 0. The number of fused-ring (bicyclic) bond motifs is 4. The second kappa shape index (κ2) is 9.44. The Kier molecular flexibility index (Phi) is 2.19. The maximum absolute atomic E-state index is 9.57. The molecule has 0 N–H and O–H groups in total. The van der Waals surface area contributed by atoms with E-state index < -0.39 is 217 Å². The summed E-state index contributed by atoms with van der Waals surface area (Å²) in [6.07, 6.45) is 0. The van der Waals surface area contributed by atoms with E-state index in [0.29, 0.717) is 0 Å². The van der Waals surface area contributed by atoms with Gasteiger partial charge in [-0.05, 0) is 84.0 Å². The summed E-state index contributed by atoms with van der Waals surface area (Å²) in [5.74, 6) is -0.802. The Morgan fingerprint density at radius 2 is 0.907 bits per heavy atom. The smallest absolute Gasteiger partial charge is 0.135 e. The SMILES string of the molecule is [2H]c1cc2c(c([2H])c1[2H])-c1c([2H])c([2H])c([2H])c3c(-c4c5c([2H])c([2H])c([2H])c([2H])c5c(-c5c([2H])c([2H])c(-c6c([2H])c([2H])c([2H])c([2H])c6[2H])c([2H])c5[2H])c5c([2H])c([2H])c([2H])c([2H])c45)c([2H])c([2H])c(c13)O2. The number of benzene rings is 8. The molecule has 1 aliphatic rings. The monoisotopic (exact) mass is 571 g/mol. The lowest BCUT2D eigenvalue weighted by molar-refractivity contribution is 0.487. The summed E-state index contributed by atoms with van der Waals surface area (Å²) < 4.78 is 229. The molecule has 0 saturated carbocycles. The molecule has 0 fully saturated rings. The van der Waals surface area contributed by atoms with Gasteiger partial charge in [-0.2, -0.15) is 0 Å². The average Bonchev–Trinajstić information content (AvgIpc) is 3.31. The minimum atomic E-state index is -1.04. The highest BCUT2D eigenvalue weighted by atomic mass is 16.5. The molecule has 1 nitrogen and oxygen atoms in total. The van der Waals surface area contributed by atoms with Crippen LogP contribution in [0.25, 0.3) is 76.8 Å². The third kappa shape index (κ3) is 3.65. The number of rotatable bonds is 3. The van der Waals surface area contributed by atoms with E-state index in [-0.39, 0.29) is 22.3 Å². The molecule has 0 spiro atoms. The van der Waals surface area contributed by atoms with Crippen LogP contribution in [0.5, 0.6) is 11.5 Å². The van der Waals surface area contributed by atoms with Crippen LogP contribution in [0.1, 0.15) is 34.3 Å². The third-order valence-electron chi connectivity index (χ3n) is 7.07. The minimum Gasteiger partial charge on any atom is -0.456 e. The van der Waals surface area contributed by atoms with Crippen LogP contribution < -0.4 is 4.74 Å². The van der Waals surface area contributed by atoms with Gasteiger partial charge in [-0.15, -0.1) is 0 Å². The van der Waals surface area contributed by atoms with Crippen LogP contribution in [0, 0.1) is 0 Å². The topological polar surface area (TPSA) is 9.23 Å². The highest BCUT2D eigenvalue weighted by Crippen LogP contribution is 2.51. The molecule has 0 amide bonds. The van der Waals surface area contributed by atoms with Crippen molar-refractivity contribution >= 4 is 32.3 Å². The van der Waals surface area contributed by atoms with Gasteiger partial charge in [0.25, 0.3) is 0 Å². The van der Waals surface area contributed by atoms with Gasteiger partial charge in [-0.3, -0.25) is 0 Å². The summed E-state index contributed by atoms with van der Waals surface area (Å²) in [6, 6.07) is -21.0. The number of ether oxygens (including phenoxy) is 1. The molecule has 200 valence electrons. The Labute approximate surface area is 285 Å². The molecule has 1 heterocycles. The van der Waals surface area contributed by atoms with Crippen LogP contribution >= 0.6 is 0 Å². The van der Waals surface area contributed by atoms with Gasteiger partial charge >= 0.3 is 0 Å². The second-order valence-corrected chi connectivity index (χ2v) is 9.33. The fourth-order valence-electron chi connectivity index (χ4n) is 5.29. The maximum Gasteiger partial charge on any atom is 0.135 e. The van der Waals surface area contributed by atoms with Crippen LogP contribution in [-0.4, -0.2) is 0 Å². The molecule has 1 heteroatoms. The van der Waals surface area contributed by atoms with Gasteiger partial charge in [-0.1, -0.05) is 139 Å². The van der Waals surface area contributed by atoms with Gasteiger partial charge in [0.1, 0.15) is 11.5 Å². The molecule has 0 atom stereocenters. The van der Waals surface area contributed by atoms with E-state index in [1.807, 2.05) is 0 Å². The Balaban J connectivity index is 1.59. The average molecular weight is 572 g/mol. The van der Waals surface area contributed by atoms with Gasteiger partial charge in [0.2, 0.25) is 0 Å². The summed E-state index contributed by atoms with van der Waals surface area (Å²) in [5.41, 5.74) is -4.96. The van der Waals surface area contributed by atoms with Crippen molar-refractivity contribution in [3.63, 3.8) is 0 Å².